The van der Waals surface area contributed by atoms with E-state index in [-0.39, 0.29) is 0 Å². The van der Waals surface area contributed by atoms with Crippen LogP contribution in [-0.2, 0) is 0 Å². The smallest absolute Gasteiger partial charge is 0.136 e. The second-order valence-corrected chi connectivity index (χ2v) is 12.8. The van der Waals surface area contributed by atoms with Crippen molar-refractivity contribution in [3.05, 3.63) is 182 Å². The first-order valence-corrected chi connectivity index (χ1v) is 16.8. The van der Waals surface area contributed by atoms with Crippen LogP contribution < -0.4 is 0 Å². The summed E-state index contributed by atoms with van der Waals surface area (Å²) in [6.45, 7) is 0. The first-order valence-electron chi connectivity index (χ1n) is 17.3. The maximum absolute atomic E-state index is 7.96. The molecule has 228 valence electrons. The van der Waals surface area contributed by atoms with Crippen LogP contribution in [0.5, 0.6) is 0 Å². The molecule has 0 saturated carbocycles. The molecule has 0 saturated heterocycles. The van der Waals surface area contributed by atoms with Crippen LogP contribution in [0.4, 0.5) is 0 Å². The average molecular weight is 624 g/mol. The van der Waals surface area contributed by atoms with E-state index in [0.717, 1.165) is 32.7 Å². The van der Waals surface area contributed by atoms with E-state index in [9.17, 15) is 0 Å². The van der Waals surface area contributed by atoms with Gasteiger partial charge in [-0.25, -0.2) is 0 Å². The van der Waals surface area contributed by atoms with Gasteiger partial charge in [0.05, 0.1) is 1.37 Å². The van der Waals surface area contributed by atoms with E-state index in [1.807, 2.05) is 30.3 Å². The van der Waals surface area contributed by atoms with Gasteiger partial charge in [-0.1, -0.05) is 164 Å². The highest BCUT2D eigenvalue weighted by atomic mass is 16.3. The maximum Gasteiger partial charge on any atom is 0.136 e. The summed E-state index contributed by atoms with van der Waals surface area (Å²) >= 11 is 0. The van der Waals surface area contributed by atoms with Gasteiger partial charge >= 0.3 is 0 Å². The number of fused-ring (bicyclic) bond motifs is 6. The zero-order valence-electron chi connectivity index (χ0n) is 27.7. The van der Waals surface area contributed by atoms with Gasteiger partial charge in [0.15, 0.2) is 0 Å². The van der Waals surface area contributed by atoms with E-state index in [1.165, 1.54) is 66.1 Å². The molecule has 1 nitrogen and oxygen atoms in total. The number of benzene rings is 9. The van der Waals surface area contributed by atoms with Crippen LogP contribution in [0.1, 0.15) is 1.37 Å². The third kappa shape index (κ3) is 4.47. The molecule has 10 aromatic rings. The number of hydrogen-bond acceptors (Lipinski definition) is 1. The molecule has 0 amide bonds. The fourth-order valence-electron chi connectivity index (χ4n) is 7.72. The molecule has 0 aliphatic heterocycles. The molecule has 0 fully saturated rings. The molecule has 0 bridgehead atoms. The summed E-state index contributed by atoms with van der Waals surface area (Å²) in [6, 6.07) is 63.1. The summed E-state index contributed by atoms with van der Waals surface area (Å²) in [5.41, 5.74) is 11.4. The number of hydrogen-bond donors (Lipinski definition) is 0. The molecule has 0 aliphatic rings. The minimum Gasteiger partial charge on any atom is -0.456 e. The SMILES string of the molecule is [2H]c1ccc2cc(-c3ccc(-c4c5ccccc5c(-c5ccc(-c6cccc7oc8ccccc8c67)cc5)c5ccccc45)cc3)ccc2c1. The lowest BCUT2D eigenvalue weighted by atomic mass is 9.85. The molecule has 0 radical (unpaired) electrons. The summed E-state index contributed by atoms with van der Waals surface area (Å²) in [6.07, 6.45) is 0. The molecule has 0 spiro atoms. The topological polar surface area (TPSA) is 13.1 Å². The molecule has 49 heavy (non-hydrogen) atoms. The van der Waals surface area contributed by atoms with Crippen LogP contribution in [0, 0.1) is 0 Å². The third-order valence-corrected chi connectivity index (χ3v) is 10.0. The predicted molar refractivity (Wildman–Crippen MR) is 208 cm³/mol. The first-order chi connectivity index (χ1) is 24.7. The second kappa shape index (κ2) is 11.1. The quantitative estimate of drug-likeness (QED) is 0.178. The Morgan fingerprint density at radius 3 is 1.53 bits per heavy atom. The van der Waals surface area contributed by atoms with Gasteiger partial charge in [-0.2, -0.15) is 0 Å². The highest BCUT2D eigenvalue weighted by molar-refractivity contribution is 6.21. The number of furan rings is 1. The molecule has 9 aromatic carbocycles. The van der Waals surface area contributed by atoms with Crippen molar-refractivity contribution in [3.8, 4) is 44.5 Å². The predicted octanol–water partition coefficient (Wildman–Crippen LogP) is 13.7. The van der Waals surface area contributed by atoms with Crippen LogP contribution in [0.2, 0.25) is 0 Å². The Kier molecular flexibility index (Phi) is 6.02. The van der Waals surface area contributed by atoms with E-state index in [2.05, 4.69) is 146 Å². The average Bonchev–Trinajstić information content (AvgIpc) is 3.56. The lowest BCUT2D eigenvalue weighted by Crippen LogP contribution is -1.91. The summed E-state index contributed by atoms with van der Waals surface area (Å²) in [4.78, 5) is 0. The van der Waals surface area contributed by atoms with Crippen molar-refractivity contribution >= 4 is 54.3 Å². The van der Waals surface area contributed by atoms with E-state index >= 15 is 0 Å². The summed E-state index contributed by atoms with van der Waals surface area (Å²) in [5, 5.41) is 9.50. The number of rotatable bonds is 4. The molecular formula is C48H30O. The minimum absolute atomic E-state index is 0.536. The molecule has 0 unspecified atom stereocenters. The fraction of sp³-hybridized carbons (Fsp3) is 0. The van der Waals surface area contributed by atoms with E-state index < -0.39 is 0 Å². The van der Waals surface area contributed by atoms with Crippen molar-refractivity contribution in [2.24, 2.45) is 0 Å². The highest BCUT2D eigenvalue weighted by Crippen LogP contribution is 2.45. The Bertz CT molecular complexity index is 2860. The van der Waals surface area contributed by atoms with E-state index in [4.69, 9.17) is 5.79 Å². The van der Waals surface area contributed by atoms with Crippen LogP contribution >= 0.6 is 0 Å². The summed E-state index contributed by atoms with van der Waals surface area (Å²) in [7, 11) is 0. The van der Waals surface area contributed by atoms with Gasteiger partial charge in [0, 0.05) is 10.8 Å². The van der Waals surface area contributed by atoms with E-state index in [1.54, 1.807) is 0 Å². The third-order valence-electron chi connectivity index (χ3n) is 10.0. The molecule has 0 aliphatic carbocycles. The monoisotopic (exact) mass is 623 g/mol. The zero-order valence-corrected chi connectivity index (χ0v) is 26.7. The normalized spacial score (nSPS) is 12.0. The van der Waals surface area contributed by atoms with Gasteiger partial charge in [0.25, 0.3) is 0 Å². The zero-order chi connectivity index (χ0) is 33.2. The molecule has 0 N–H and O–H groups in total. The maximum atomic E-state index is 7.96. The van der Waals surface area contributed by atoms with Gasteiger partial charge in [0.2, 0.25) is 0 Å². The second-order valence-electron chi connectivity index (χ2n) is 12.8. The van der Waals surface area contributed by atoms with Gasteiger partial charge < -0.3 is 4.42 Å². The molecular weight excluding hydrogens is 593 g/mol. The lowest BCUT2D eigenvalue weighted by Gasteiger charge is -2.18. The standard InChI is InChI=1S/C48H30O/c1-2-11-36-30-37(29-22-31(36)10-1)32-20-25-34(26-21-32)46-39-12-3-5-14-41(39)47(42-15-6-4-13-40(42)46)35-27-23-33(24-28-35)38-17-9-19-45-48(38)43-16-7-8-18-44(43)49-45/h1-30H/i1D. The summed E-state index contributed by atoms with van der Waals surface area (Å²) in [5.74, 6) is 0. The Balaban J connectivity index is 1.10. The Morgan fingerprint density at radius 1 is 0.347 bits per heavy atom. The van der Waals surface area contributed by atoms with Crippen LogP contribution in [0.3, 0.4) is 0 Å². The summed E-state index contributed by atoms with van der Waals surface area (Å²) < 4.78 is 14.2. The molecule has 1 aromatic heterocycles. The van der Waals surface area contributed by atoms with Gasteiger partial charge in [-0.3, -0.25) is 0 Å². The van der Waals surface area contributed by atoms with Gasteiger partial charge in [-0.05, 0) is 95.0 Å². The van der Waals surface area contributed by atoms with Gasteiger partial charge in [-0.15, -0.1) is 0 Å². The molecule has 1 heteroatoms. The van der Waals surface area contributed by atoms with Crippen LogP contribution in [0.25, 0.3) is 98.8 Å². The van der Waals surface area contributed by atoms with Crippen molar-refractivity contribution in [2.75, 3.05) is 0 Å². The van der Waals surface area contributed by atoms with Crippen molar-refractivity contribution < 1.29 is 5.79 Å². The number of para-hydroxylation sites is 1. The molecule has 0 atom stereocenters. The van der Waals surface area contributed by atoms with Crippen LogP contribution in [0.15, 0.2) is 186 Å². The van der Waals surface area contributed by atoms with Crippen molar-refractivity contribution in [2.45, 2.75) is 0 Å². The van der Waals surface area contributed by atoms with Crippen molar-refractivity contribution in [1.82, 2.24) is 0 Å². The fourth-order valence-corrected chi connectivity index (χ4v) is 7.72. The highest BCUT2D eigenvalue weighted by Gasteiger charge is 2.17. The molecule has 10 rings (SSSR count). The van der Waals surface area contributed by atoms with Crippen molar-refractivity contribution in [1.29, 1.82) is 0 Å². The van der Waals surface area contributed by atoms with Crippen LogP contribution in [-0.4, -0.2) is 0 Å². The minimum atomic E-state index is 0.536. The van der Waals surface area contributed by atoms with E-state index in [0.29, 0.717) is 6.04 Å². The van der Waals surface area contributed by atoms with Gasteiger partial charge in [0.1, 0.15) is 11.2 Å². The largest absolute Gasteiger partial charge is 0.456 e. The Morgan fingerprint density at radius 2 is 0.878 bits per heavy atom. The first kappa shape index (κ1) is 26.6. The Labute approximate surface area is 285 Å². The lowest BCUT2D eigenvalue weighted by molar-refractivity contribution is 0.669. The van der Waals surface area contributed by atoms with Crippen molar-refractivity contribution in [3.63, 3.8) is 0 Å². The molecule has 1 heterocycles. The Hall–Kier alpha value is -6.44.